The summed E-state index contributed by atoms with van der Waals surface area (Å²) in [7, 11) is 2.18. The van der Waals surface area contributed by atoms with Gasteiger partial charge in [0.2, 0.25) is 5.13 Å². The normalized spacial score (nSPS) is 22.1. The zero-order valence-corrected chi connectivity index (χ0v) is 14.4. The number of hydrogen-bond acceptors (Lipinski definition) is 6. The summed E-state index contributed by atoms with van der Waals surface area (Å²) in [5.41, 5.74) is 0. The Balaban J connectivity index is 1.69. The molecule has 0 atom stereocenters. The first-order valence-electron chi connectivity index (χ1n) is 8.67. The van der Waals surface area contributed by atoms with Crippen LogP contribution in [0.5, 0.6) is 0 Å². The number of hydrogen-bond donors (Lipinski definition) is 1. The maximum absolute atomic E-state index is 9.44. The summed E-state index contributed by atoms with van der Waals surface area (Å²) in [5, 5.41) is 10.5. The number of piperidine rings is 1. The standard InChI is InChI=1S/C16H28N4OS/c1-19-9-7-14(8-10-19)20(11-12-21)16-17-15(18-22-16)13-5-3-2-4-6-13/h13-14,21H,2-12H2,1H3. The Kier molecular flexibility index (Phi) is 5.66. The van der Waals surface area contributed by atoms with Crippen molar-refractivity contribution in [2.24, 2.45) is 0 Å². The van der Waals surface area contributed by atoms with E-state index in [2.05, 4.69) is 21.2 Å². The van der Waals surface area contributed by atoms with Gasteiger partial charge in [-0.3, -0.25) is 0 Å². The number of rotatable bonds is 5. The zero-order chi connectivity index (χ0) is 15.4. The van der Waals surface area contributed by atoms with Gasteiger partial charge in [-0.1, -0.05) is 19.3 Å². The van der Waals surface area contributed by atoms with Crippen LogP contribution in [0.2, 0.25) is 0 Å². The first kappa shape index (κ1) is 16.1. The lowest BCUT2D eigenvalue weighted by molar-refractivity contribution is 0.239. The van der Waals surface area contributed by atoms with Crippen LogP contribution in [0.3, 0.4) is 0 Å². The second-order valence-electron chi connectivity index (χ2n) is 6.72. The van der Waals surface area contributed by atoms with Gasteiger partial charge >= 0.3 is 0 Å². The van der Waals surface area contributed by atoms with Crippen molar-refractivity contribution in [1.82, 2.24) is 14.3 Å². The molecule has 1 aromatic heterocycles. The first-order chi connectivity index (χ1) is 10.8. The summed E-state index contributed by atoms with van der Waals surface area (Å²) in [6.45, 7) is 3.11. The minimum absolute atomic E-state index is 0.185. The van der Waals surface area contributed by atoms with Crippen LogP contribution in [-0.4, -0.2) is 58.7 Å². The van der Waals surface area contributed by atoms with Crippen LogP contribution in [0.4, 0.5) is 5.13 Å². The molecule has 2 aliphatic rings. The van der Waals surface area contributed by atoms with Gasteiger partial charge in [0.15, 0.2) is 0 Å². The fraction of sp³-hybridized carbons (Fsp3) is 0.875. The summed E-state index contributed by atoms with van der Waals surface area (Å²) < 4.78 is 4.65. The Morgan fingerprint density at radius 2 is 1.91 bits per heavy atom. The van der Waals surface area contributed by atoms with Crippen molar-refractivity contribution < 1.29 is 5.11 Å². The van der Waals surface area contributed by atoms with E-state index in [1.807, 2.05) is 0 Å². The van der Waals surface area contributed by atoms with Gasteiger partial charge in [0.1, 0.15) is 5.82 Å². The molecule has 0 bridgehead atoms. The molecule has 1 aliphatic carbocycles. The maximum Gasteiger partial charge on any atom is 0.205 e. The molecule has 2 heterocycles. The minimum atomic E-state index is 0.185. The lowest BCUT2D eigenvalue weighted by atomic mass is 9.89. The maximum atomic E-state index is 9.44. The molecule has 5 nitrogen and oxygen atoms in total. The van der Waals surface area contributed by atoms with Gasteiger partial charge in [-0.05, 0) is 45.8 Å². The molecule has 2 fully saturated rings. The number of likely N-dealkylation sites (tertiary alicyclic amines) is 1. The van der Waals surface area contributed by atoms with E-state index in [4.69, 9.17) is 4.98 Å². The average Bonchev–Trinajstić information content (AvgIpc) is 3.04. The quantitative estimate of drug-likeness (QED) is 0.902. The topological polar surface area (TPSA) is 52.5 Å². The van der Waals surface area contributed by atoms with Gasteiger partial charge in [-0.15, -0.1) is 0 Å². The summed E-state index contributed by atoms with van der Waals surface area (Å²) in [5.74, 6) is 1.61. The Labute approximate surface area is 137 Å². The molecule has 0 amide bonds. The molecule has 0 radical (unpaired) electrons. The van der Waals surface area contributed by atoms with Crippen LogP contribution < -0.4 is 4.90 Å². The molecule has 1 aromatic rings. The molecule has 22 heavy (non-hydrogen) atoms. The molecule has 0 aromatic carbocycles. The van der Waals surface area contributed by atoms with Gasteiger partial charge in [-0.25, -0.2) is 4.98 Å². The highest BCUT2D eigenvalue weighted by atomic mass is 32.1. The summed E-state index contributed by atoms with van der Waals surface area (Å²) in [4.78, 5) is 9.53. The SMILES string of the molecule is CN1CCC(N(CCO)c2nc(C3CCCCC3)ns2)CC1. The molecular weight excluding hydrogens is 296 g/mol. The van der Waals surface area contributed by atoms with Crippen molar-refractivity contribution in [1.29, 1.82) is 0 Å². The number of aromatic nitrogens is 2. The lowest BCUT2D eigenvalue weighted by Gasteiger charge is -2.36. The van der Waals surface area contributed by atoms with E-state index in [1.165, 1.54) is 43.6 Å². The van der Waals surface area contributed by atoms with Crippen LogP contribution in [0.1, 0.15) is 56.7 Å². The Morgan fingerprint density at radius 3 is 2.59 bits per heavy atom. The van der Waals surface area contributed by atoms with Crippen LogP contribution in [0, 0.1) is 0 Å². The Morgan fingerprint density at radius 1 is 1.18 bits per heavy atom. The smallest absolute Gasteiger partial charge is 0.205 e. The Bertz CT molecular complexity index is 453. The molecule has 1 saturated carbocycles. The van der Waals surface area contributed by atoms with Crippen molar-refractivity contribution >= 4 is 16.7 Å². The van der Waals surface area contributed by atoms with Crippen molar-refractivity contribution in [3.8, 4) is 0 Å². The second kappa shape index (κ2) is 7.70. The molecule has 124 valence electrons. The van der Waals surface area contributed by atoms with E-state index in [0.717, 1.165) is 36.9 Å². The highest BCUT2D eigenvalue weighted by molar-refractivity contribution is 7.09. The van der Waals surface area contributed by atoms with Crippen molar-refractivity contribution in [3.63, 3.8) is 0 Å². The molecule has 6 heteroatoms. The van der Waals surface area contributed by atoms with E-state index in [9.17, 15) is 5.11 Å². The molecule has 0 spiro atoms. The Hall–Kier alpha value is -0.720. The van der Waals surface area contributed by atoms with Crippen LogP contribution in [0.25, 0.3) is 0 Å². The minimum Gasteiger partial charge on any atom is -0.395 e. The first-order valence-corrected chi connectivity index (χ1v) is 9.45. The van der Waals surface area contributed by atoms with Crippen LogP contribution in [0.15, 0.2) is 0 Å². The summed E-state index contributed by atoms with van der Waals surface area (Å²) in [6.07, 6.45) is 8.77. The fourth-order valence-corrected chi connectivity index (χ4v) is 4.56. The van der Waals surface area contributed by atoms with Gasteiger partial charge in [0, 0.05) is 30.0 Å². The van der Waals surface area contributed by atoms with Crippen LogP contribution in [-0.2, 0) is 0 Å². The molecule has 0 unspecified atom stereocenters. The van der Waals surface area contributed by atoms with E-state index in [0.29, 0.717) is 18.5 Å². The summed E-state index contributed by atoms with van der Waals surface area (Å²) >= 11 is 1.53. The van der Waals surface area contributed by atoms with E-state index >= 15 is 0 Å². The zero-order valence-electron chi connectivity index (χ0n) is 13.6. The molecule has 1 N–H and O–H groups in total. The highest BCUT2D eigenvalue weighted by Gasteiger charge is 2.27. The number of anilines is 1. The van der Waals surface area contributed by atoms with E-state index in [1.54, 1.807) is 0 Å². The monoisotopic (exact) mass is 324 g/mol. The fourth-order valence-electron chi connectivity index (χ4n) is 3.72. The van der Waals surface area contributed by atoms with Crippen molar-refractivity contribution in [2.45, 2.75) is 56.9 Å². The van der Waals surface area contributed by atoms with E-state index in [-0.39, 0.29) is 6.61 Å². The largest absolute Gasteiger partial charge is 0.395 e. The highest BCUT2D eigenvalue weighted by Crippen LogP contribution is 2.34. The number of aliphatic hydroxyl groups excluding tert-OH is 1. The predicted octanol–water partition coefficient (Wildman–Crippen LogP) is 2.48. The molecule has 1 aliphatic heterocycles. The number of nitrogens with zero attached hydrogens (tertiary/aromatic N) is 4. The average molecular weight is 324 g/mol. The van der Waals surface area contributed by atoms with Crippen molar-refractivity contribution in [2.75, 3.05) is 38.2 Å². The third-order valence-electron chi connectivity index (χ3n) is 5.12. The molecule has 1 saturated heterocycles. The predicted molar refractivity (Wildman–Crippen MR) is 90.7 cm³/mol. The second-order valence-corrected chi connectivity index (χ2v) is 7.45. The number of aliphatic hydroxyl groups is 1. The van der Waals surface area contributed by atoms with Crippen molar-refractivity contribution in [3.05, 3.63) is 5.82 Å². The molecular formula is C16H28N4OS. The van der Waals surface area contributed by atoms with E-state index < -0.39 is 0 Å². The summed E-state index contributed by atoms with van der Waals surface area (Å²) in [6, 6.07) is 0.496. The third kappa shape index (κ3) is 3.78. The van der Waals surface area contributed by atoms with Gasteiger partial charge in [0.05, 0.1) is 6.61 Å². The van der Waals surface area contributed by atoms with Gasteiger partial charge in [0.25, 0.3) is 0 Å². The molecule has 3 rings (SSSR count). The van der Waals surface area contributed by atoms with Crippen LogP contribution >= 0.6 is 11.5 Å². The third-order valence-corrected chi connectivity index (χ3v) is 5.88. The van der Waals surface area contributed by atoms with Gasteiger partial charge in [-0.2, -0.15) is 4.37 Å². The van der Waals surface area contributed by atoms with Gasteiger partial charge < -0.3 is 14.9 Å². The lowest BCUT2D eigenvalue weighted by Crippen LogP contribution is -2.45.